The average Bonchev–Trinajstić information content (AvgIpc) is 3.57. The van der Waals surface area contributed by atoms with Gasteiger partial charge in [-0.25, -0.2) is 13.8 Å². The molecule has 0 aromatic carbocycles. The van der Waals surface area contributed by atoms with Crippen LogP contribution in [0, 0.1) is 23.7 Å². The quantitative estimate of drug-likeness (QED) is 0.216. The molecule has 13 nitrogen and oxygen atoms in total. The Morgan fingerprint density at radius 3 is 2.20 bits per heavy atom. The number of rotatable bonds is 14. The van der Waals surface area contributed by atoms with Crippen molar-refractivity contribution in [3.05, 3.63) is 24.3 Å². The summed E-state index contributed by atoms with van der Waals surface area (Å²) in [7, 11) is 0. The average molecular weight is 648 g/mol. The first-order valence-corrected chi connectivity index (χ1v) is 15.9. The topological polar surface area (TPSA) is 180 Å². The lowest BCUT2D eigenvalue weighted by atomic mass is 9.92. The number of nitrogens with zero attached hydrogens (tertiary/aromatic N) is 3. The van der Waals surface area contributed by atoms with E-state index >= 15 is 0 Å². The molecule has 46 heavy (non-hydrogen) atoms. The Hall–Kier alpha value is -4.04. The van der Waals surface area contributed by atoms with Crippen LogP contribution in [0.1, 0.15) is 76.7 Å². The molecule has 252 valence electrons. The van der Waals surface area contributed by atoms with Gasteiger partial charge in [0.2, 0.25) is 29.9 Å². The highest BCUT2D eigenvalue weighted by Crippen LogP contribution is 2.42. The van der Waals surface area contributed by atoms with Crippen LogP contribution >= 0.6 is 0 Å². The van der Waals surface area contributed by atoms with Gasteiger partial charge in [-0.1, -0.05) is 34.1 Å². The number of amides is 5. The molecule has 5 amide bonds. The lowest BCUT2D eigenvalue weighted by Gasteiger charge is -2.33. The number of carbonyl (C=O) groups is 6. The number of aromatic nitrogens is 2. The molecular weight excluding hydrogens is 604 g/mol. The molecule has 1 aromatic rings. The molecule has 2 aliphatic carbocycles. The van der Waals surface area contributed by atoms with Crippen LogP contribution in [-0.4, -0.2) is 93.4 Å². The molecular formula is C31H43F2N7O6. The maximum Gasteiger partial charge on any atom is 0.289 e. The molecule has 2 heterocycles. The summed E-state index contributed by atoms with van der Waals surface area (Å²) < 4.78 is 26.9. The molecule has 2 saturated carbocycles. The summed E-state index contributed by atoms with van der Waals surface area (Å²) in [6.07, 6.45) is 3.57. The Labute approximate surface area is 266 Å². The predicted octanol–water partition coefficient (Wildman–Crippen LogP) is 0.987. The third-order valence-corrected chi connectivity index (χ3v) is 8.89. The maximum atomic E-state index is 14.1. The second-order valence-electron chi connectivity index (χ2n) is 13.1. The van der Waals surface area contributed by atoms with Crippen molar-refractivity contribution < 1.29 is 37.5 Å². The summed E-state index contributed by atoms with van der Waals surface area (Å²) in [5.41, 5.74) is 0.0172. The van der Waals surface area contributed by atoms with Gasteiger partial charge in [-0.3, -0.25) is 33.8 Å². The van der Waals surface area contributed by atoms with E-state index in [1.54, 1.807) is 27.7 Å². The number of halogens is 2. The molecule has 3 aliphatic rings. The zero-order chi connectivity index (χ0) is 33.7. The first-order valence-electron chi connectivity index (χ1n) is 15.9. The third-order valence-electron chi connectivity index (χ3n) is 8.89. The molecule has 3 fully saturated rings. The Morgan fingerprint density at radius 2 is 1.61 bits per heavy atom. The number of nitrogens with one attached hydrogen (secondary N) is 4. The molecule has 1 aliphatic heterocycles. The van der Waals surface area contributed by atoms with E-state index in [1.165, 1.54) is 23.5 Å². The number of carbonyl (C=O) groups excluding carboxylic acids is 6. The van der Waals surface area contributed by atoms with Crippen LogP contribution in [0.3, 0.4) is 0 Å². The summed E-state index contributed by atoms with van der Waals surface area (Å²) in [4.78, 5) is 88.5. The first-order chi connectivity index (χ1) is 21.8. The second kappa shape index (κ2) is 15.0. The van der Waals surface area contributed by atoms with E-state index in [-0.39, 0.29) is 36.0 Å². The Kier molecular flexibility index (Phi) is 11.4. The Balaban J connectivity index is 1.51. The van der Waals surface area contributed by atoms with Crippen LogP contribution in [0.25, 0.3) is 0 Å². The molecule has 0 bridgehead atoms. The molecule has 0 spiro atoms. The number of likely N-dealkylation sites (tertiary alicyclic amines) is 1. The third kappa shape index (κ3) is 8.40. The summed E-state index contributed by atoms with van der Waals surface area (Å²) in [6, 6.07) is -5.12. The second-order valence-corrected chi connectivity index (χ2v) is 13.1. The van der Waals surface area contributed by atoms with Gasteiger partial charge < -0.3 is 26.2 Å². The highest BCUT2D eigenvalue weighted by Gasteiger charge is 2.51. The van der Waals surface area contributed by atoms with Crippen molar-refractivity contribution in [3.8, 4) is 0 Å². The number of Topliss-reactive ketones (excluding diaryl/α,β-unsaturated/α-hetero) is 1. The number of fused-ring (bicyclic) bond motifs is 1. The van der Waals surface area contributed by atoms with Crippen LogP contribution < -0.4 is 21.3 Å². The summed E-state index contributed by atoms with van der Waals surface area (Å²) in [5, 5.41) is 10.3. The zero-order valence-corrected chi connectivity index (χ0v) is 26.5. The van der Waals surface area contributed by atoms with Gasteiger partial charge in [-0.15, -0.1) is 0 Å². The van der Waals surface area contributed by atoms with E-state index in [1.807, 2.05) is 0 Å². The number of hydrogen-bond acceptors (Lipinski definition) is 8. The monoisotopic (exact) mass is 647 g/mol. The highest BCUT2D eigenvalue weighted by atomic mass is 19.3. The van der Waals surface area contributed by atoms with E-state index in [0.717, 1.165) is 12.8 Å². The van der Waals surface area contributed by atoms with Crippen molar-refractivity contribution in [2.45, 2.75) is 103 Å². The van der Waals surface area contributed by atoms with Crippen molar-refractivity contribution in [1.29, 1.82) is 0 Å². The summed E-state index contributed by atoms with van der Waals surface area (Å²) in [6.45, 7) is 7.14. The number of ketones is 1. The fourth-order valence-electron chi connectivity index (χ4n) is 6.28. The SMILES string of the molecule is CC(C)[C@H](NC(=O)[C@H](NC(=O)c1cnccn1)C(C)C)C(=O)N1C[C@@H]2CCC[C@@H]2C1C(=O)NC(CC(F)F)C(=O)C(=O)NC1CC1. The van der Waals surface area contributed by atoms with Crippen molar-refractivity contribution in [1.82, 2.24) is 36.1 Å². The van der Waals surface area contributed by atoms with Crippen LogP contribution in [0.15, 0.2) is 18.6 Å². The van der Waals surface area contributed by atoms with Gasteiger partial charge in [0.15, 0.2) is 0 Å². The standard InChI is InChI=1S/C31H43F2N7O6/c1-15(2)23(38-27(42)21-13-34-10-11-35-21)28(43)39-24(16(3)4)31(46)40-14-17-6-5-7-19(17)25(40)29(44)37-20(12-22(32)33)26(41)30(45)36-18-8-9-18/h10-11,13,15-20,22-25H,5-9,12,14H2,1-4H3,(H,36,45)(H,37,44)(H,38,42)(H,39,43)/t17-,19-,20?,23+,24-,25?/m0/s1. The van der Waals surface area contributed by atoms with Gasteiger partial charge in [-0.05, 0) is 49.4 Å². The molecule has 4 rings (SSSR count). The minimum absolute atomic E-state index is 0.0172. The summed E-state index contributed by atoms with van der Waals surface area (Å²) >= 11 is 0. The molecule has 15 heteroatoms. The molecule has 2 unspecified atom stereocenters. The van der Waals surface area contributed by atoms with E-state index in [0.29, 0.717) is 19.3 Å². The fourth-order valence-corrected chi connectivity index (χ4v) is 6.28. The van der Waals surface area contributed by atoms with Crippen LogP contribution in [0.5, 0.6) is 0 Å². The molecule has 6 atom stereocenters. The predicted molar refractivity (Wildman–Crippen MR) is 160 cm³/mol. The van der Waals surface area contributed by atoms with Crippen LogP contribution in [0.2, 0.25) is 0 Å². The zero-order valence-electron chi connectivity index (χ0n) is 26.5. The first kappa shape index (κ1) is 34.8. The number of hydrogen-bond donors (Lipinski definition) is 4. The van der Waals surface area contributed by atoms with E-state index in [9.17, 15) is 37.5 Å². The normalized spacial score (nSPS) is 22.6. The largest absolute Gasteiger partial charge is 0.347 e. The highest BCUT2D eigenvalue weighted by molar-refractivity contribution is 6.38. The van der Waals surface area contributed by atoms with E-state index in [4.69, 9.17) is 0 Å². The van der Waals surface area contributed by atoms with Crippen molar-refractivity contribution in [2.75, 3.05) is 6.54 Å². The Morgan fingerprint density at radius 1 is 0.913 bits per heavy atom. The fraction of sp³-hybridized carbons (Fsp3) is 0.677. The number of alkyl halides is 2. The van der Waals surface area contributed by atoms with Crippen LogP contribution in [0.4, 0.5) is 8.78 Å². The lowest BCUT2D eigenvalue weighted by molar-refractivity contribution is -0.145. The van der Waals surface area contributed by atoms with Crippen LogP contribution in [-0.2, 0) is 24.0 Å². The van der Waals surface area contributed by atoms with Gasteiger partial charge in [0.25, 0.3) is 11.8 Å². The summed E-state index contributed by atoms with van der Waals surface area (Å²) in [5.74, 6) is -5.82. The van der Waals surface area contributed by atoms with Gasteiger partial charge in [0, 0.05) is 31.4 Å². The molecule has 4 N–H and O–H groups in total. The minimum atomic E-state index is -2.97. The minimum Gasteiger partial charge on any atom is -0.347 e. The lowest BCUT2D eigenvalue weighted by Crippen LogP contribution is -2.60. The smallest absolute Gasteiger partial charge is 0.289 e. The van der Waals surface area contributed by atoms with E-state index in [2.05, 4.69) is 31.2 Å². The maximum absolute atomic E-state index is 14.1. The van der Waals surface area contributed by atoms with Gasteiger partial charge in [-0.2, -0.15) is 0 Å². The molecule has 1 aromatic heterocycles. The van der Waals surface area contributed by atoms with Crippen molar-refractivity contribution in [3.63, 3.8) is 0 Å². The van der Waals surface area contributed by atoms with Crippen molar-refractivity contribution >= 4 is 35.3 Å². The molecule has 1 saturated heterocycles. The Bertz CT molecular complexity index is 1310. The molecule has 0 radical (unpaired) electrons. The van der Waals surface area contributed by atoms with Crippen molar-refractivity contribution in [2.24, 2.45) is 23.7 Å². The van der Waals surface area contributed by atoms with Gasteiger partial charge in [0.1, 0.15) is 29.9 Å². The van der Waals surface area contributed by atoms with Gasteiger partial charge >= 0.3 is 0 Å². The van der Waals surface area contributed by atoms with Gasteiger partial charge in [0.05, 0.1) is 6.20 Å². The van der Waals surface area contributed by atoms with E-state index < -0.39 is 78.3 Å².